The standard InChI is InChI=1S/C22H27BrN2O/c1-3-18-6-4-5-16(2)21(18)24-22(26)19-11-13-25(14-12-19)15-17-7-9-20(23)10-8-17/h4-10,19H,3,11-15H2,1-2H3,(H,24,26). The fourth-order valence-corrected chi connectivity index (χ4v) is 3.89. The molecule has 138 valence electrons. The lowest BCUT2D eigenvalue weighted by Gasteiger charge is -2.31. The molecule has 1 heterocycles. The van der Waals surface area contributed by atoms with E-state index in [0.29, 0.717) is 0 Å². The van der Waals surface area contributed by atoms with Gasteiger partial charge < -0.3 is 5.32 Å². The van der Waals surface area contributed by atoms with Gasteiger partial charge in [-0.2, -0.15) is 0 Å². The number of hydrogen-bond acceptors (Lipinski definition) is 2. The molecule has 0 spiro atoms. The smallest absolute Gasteiger partial charge is 0.227 e. The number of anilines is 1. The van der Waals surface area contributed by atoms with E-state index in [1.54, 1.807) is 0 Å². The van der Waals surface area contributed by atoms with Gasteiger partial charge in [0.05, 0.1) is 0 Å². The number of carbonyl (C=O) groups excluding carboxylic acids is 1. The van der Waals surface area contributed by atoms with Crippen LogP contribution in [0.5, 0.6) is 0 Å². The number of rotatable bonds is 5. The predicted octanol–water partition coefficient (Wildman–Crippen LogP) is 5.17. The Balaban J connectivity index is 1.55. The summed E-state index contributed by atoms with van der Waals surface area (Å²) in [6.45, 7) is 7.10. The van der Waals surface area contributed by atoms with Gasteiger partial charge in [0.15, 0.2) is 0 Å². The van der Waals surface area contributed by atoms with Gasteiger partial charge >= 0.3 is 0 Å². The zero-order valence-corrected chi connectivity index (χ0v) is 17.2. The normalized spacial score (nSPS) is 15.8. The van der Waals surface area contributed by atoms with Gasteiger partial charge in [-0.25, -0.2) is 0 Å². The van der Waals surface area contributed by atoms with Crippen LogP contribution in [-0.4, -0.2) is 23.9 Å². The number of aryl methyl sites for hydroxylation is 2. The maximum absolute atomic E-state index is 12.8. The molecule has 1 fully saturated rings. The molecule has 0 radical (unpaired) electrons. The third kappa shape index (κ3) is 4.74. The van der Waals surface area contributed by atoms with Gasteiger partial charge in [0, 0.05) is 22.6 Å². The molecule has 1 aliphatic rings. The van der Waals surface area contributed by atoms with Crippen LogP contribution in [0, 0.1) is 12.8 Å². The first kappa shape index (κ1) is 19.1. The molecule has 0 saturated carbocycles. The van der Waals surface area contributed by atoms with Crippen molar-refractivity contribution in [3.63, 3.8) is 0 Å². The Morgan fingerprint density at radius 1 is 1.15 bits per heavy atom. The number of halogens is 1. The maximum atomic E-state index is 12.8. The van der Waals surface area contributed by atoms with Crippen molar-refractivity contribution < 1.29 is 4.79 Å². The van der Waals surface area contributed by atoms with E-state index in [1.165, 1.54) is 11.1 Å². The molecule has 4 heteroatoms. The second kappa shape index (κ2) is 8.83. The average molecular weight is 415 g/mol. The molecule has 0 aliphatic carbocycles. The number of amides is 1. The van der Waals surface area contributed by atoms with E-state index < -0.39 is 0 Å². The zero-order valence-electron chi connectivity index (χ0n) is 15.6. The molecule has 0 aromatic heterocycles. The van der Waals surface area contributed by atoms with Crippen molar-refractivity contribution in [1.29, 1.82) is 0 Å². The van der Waals surface area contributed by atoms with Gasteiger partial charge in [-0.15, -0.1) is 0 Å². The molecule has 26 heavy (non-hydrogen) atoms. The Labute approximate surface area is 164 Å². The number of para-hydroxylation sites is 1. The number of piperidine rings is 1. The summed E-state index contributed by atoms with van der Waals surface area (Å²) in [5, 5.41) is 3.21. The lowest BCUT2D eigenvalue weighted by Crippen LogP contribution is -2.37. The summed E-state index contributed by atoms with van der Waals surface area (Å²) in [4.78, 5) is 15.2. The topological polar surface area (TPSA) is 32.3 Å². The first-order valence-corrected chi connectivity index (χ1v) is 10.2. The van der Waals surface area contributed by atoms with Crippen LogP contribution in [0.3, 0.4) is 0 Å². The second-order valence-corrected chi connectivity index (χ2v) is 8.04. The van der Waals surface area contributed by atoms with E-state index in [-0.39, 0.29) is 11.8 Å². The maximum Gasteiger partial charge on any atom is 0.227 e. The molecule has 1 N–H and O–H groups in total. The molecule has 0 bridgehead atoms. The highest BCUT2D eigenvalue weighted by Gasteiger charge is 2.25. The summed E-state index contributed by atoms with van der Waals surface area (Å²) >= 11 is 3.48. The van der Waals surface area contributed by atoms with Crippen LogP contribution in [0.2, 0.25) is 0 Å². The van der Waals surface area contributed by atoms with E-state index in [0.717, 1.165) is 54.6 Å². The summed E-state index contributed by atoms with van der Waals surface area (Å²) in [6, 6.07) is 14.7. The molecule has 1 saturated heterocycles. The van der Waals surface area contributed by atoms with Gasteiger partial charge in [0.25, 0.3) is 0 Å². The molecule has 2 aromatic rings. The first-order valence-electron chi connectivity index (χ1n) is 9.43. The van der Waals surface area contributed by atoms with Gasteiger partial charge in [-0.05, 0) is 68.1 Å². The van der Waals surface area contributed by atoms with Crippen LogP contribution in [0.15, 0.2) is 46.9 Å². The average Bonchev–Trinajstić information content (AvgIpc) is 2.65. The fourth-order valence-electron chi connectivity index (χ4n) is 3.63. The summed E-state index contributed by atoms with van der Waals surface area (Å²) in [5.41, 5.74) is 4.69. The van der Waals surface area contributed by atoms with Gasteiger partial charge in [0.2, 0.25) is 5.91 Å². The van der Waals surface area contributed by atoms with Crippen LogP contribution >= 0.6 is 15.9 Å². The largest absolute Gasteiger partial charge is 0.325 e. The predicted molar refractivity (Wildman–Crippen MR) is 111 cm³/mol. The highest BCUT2D eigenvalue weighted by molar-refractivity contribution is 9.10. The van der Waals surface area contributed by atoms with E-state index in [9.17, 15) is 4.79 Å². The lowest BCUT2D eigenvalue weighted by molar-refractivity contribution is -0.121. The minimum atomic E-state index is 0.112. The fraction of sp³-hybridized carbons (Fsp3) is 0.409. The number of nitrogens with one attached hydrogen (secondary N) is 1. The quantitative estimate of drug-likeness (QED) is 0.731. The number of likely N-dealkylation sites (tertiary alicyclic amines) is 1. The van der Waals surface area contributed by atoms with Crippen molar-refractivity contribution in [2.45, 2.75) is 39.7 Å². The number of benzene rings is 2. The van der Waals surface area contributed by atoms with Gasteiger partial charge in [-0.1, -0.05) is 53.2 Å². The van der Waals surface area contributed by atoms with Gasteiger partial charge in [-0.3, -0.25) is 9.69 Å². The minimum Gasteiger partial charge on any atom is -0.325 e. The Morgan fingerprint density at radius 3 is 2.50 bits per heavy atom. The Kier molecular flexibility index (Phi) is 6.49. The van der Waals surface area contributed by atoms with E-state index in [1.807, 2.05) is 0 Å². The zero-order chi connectivity index (χ0) is 18.5. The second-order valence-electron chi connectivity index (χ2n) is 7.13. The SMILES string of the molecule is CCc1cccc(C)c1NC(=O)C1CCN(Cc2ccc(Br)cc2)CC1. The molecule has 0 unspecified atom stereocenters. The summed E-state index contributed by atoms with van der Waals surface area (Å²) < 4.78 is 1.11. The van der Waals surface area contributed by atoms with Crippen LogP contribution in [0.4, 0.5) is 5.69 Å². The van der Waals surface area contributed by atoms with Crippen molar-refractivity contribution in [3.8, 4) is 0 Å². The van der Waals surface area contributed by atoms with E-state index in [4.69, 9.17) is 0 Å². The third-order valence-electron chi connectivity index (χ3n) is 5.27. The minimum absolute atomic E-state index is 0.112. The van der Waals surface area contributed by atoms with Gasteiger partial charge in [0.1, 0.15) is 0 Å². The lowest BCUT2D eigenvalue weighted by atomic mass is 9.95. The van der Waals surface area contributed by atoms with Crippen LogP contribution in [-0.2, 0) is 17.8 Å². The summed E-state index contributed by atoms with van der Waals surface area (Å²) in [5.74, 6) is 0.290. The van der Waals surface area contributed by atoms with Crippen molar-refractivity contribution >= 4 is 27.5 Å². The Hall–Kier alpha value is -1.65. The molecule has 1 aliphatic heterocycles. The van der Waals surface area contributed by atoms with E-state index >= 15 is 0 Å². The first-order chi connectivity index (χ1) is 12.6. The molecule has 1 amide bonds. The number of nitrogens with zero attached hydrogens (tertiary/aromatic N) is 1. The molecular weight excluding hydrogens is 388 g/mol. The molecule has 0 atom stereocenters. The van der Waals surface area contributed by atoms with Crippen LogP contribution in [0.1, 0.15) is 36.5 Å². The molecule has 3 rings (SSSR count). The van der Waals surface area contributed by atoms with E-state index in [2.05, 4.69) is 82.5 Å². The molecule has 2 aromatic carbocycles. The number of carbonyl (C=O) groups is 1. The Bertz CT molecular complexity index is 749. The summed E-state index contributed by atoms with van der Waals surface area (Å²) in [7, 11) is 0. The number of hydrogen-bond donors (Lipinski definition) is 1. The molecular formula is C22H27BrN2O. The monoisotopic (exact) mass is 414 g/mol. The van der Waals surface area contributed by atoms with Crippen LogP contribution in [0.25, 0.3) is 0 Å². The van der Waals surface area contributed by atoms with Crippen molar-refractivity contribution in [2.24, 2.45) is 5.92 Å². The highest BCUT2D eigenvalue weighted by atomic mass is 79.9. The highest BCUT2D eigenvalue weighted by Crippen LogP contribution is 2.25. The Morgan fingerprint density at radius 2 is 1.85 bits per heavy atom. The van der Waals surface area contributed by atoms with Crippen molar-refractivity contribution in [3.05, 3.63) is 63.6 Å². The van der Waals surface area contributed by atoms with Crippen LogP contribution < -0.4 is 5.32 Å². The summed E-state index contributed by atoms with van der Waals surface area (Å²) in [6.07, 6.45) is 2.79. The third-order valence-corrected chi connectivity index (χ3v) is 5.79. The van der Waals surface area contributed by atoms with Crippen molar-refractivity contribution in [2.75, 3.05) is 18.4 Å². The molecule has 3 nitrogen and oxygen atoms in total. The van der Waals surface area contributed by atoms with Crippen molar-refractivity contribution in [1.82, 2.24) is 4.90 Å².